The lowest BCUT2D eigenvalue weighted by atomic mass is 9.96. The number of anilines is 1. The molecule has 0 radical (unpaired) electrons. The molecule has 0 aromatic carbocycles. The Balaban J connectivity index is 1.98. The Morgan fingerprint density at radius 1 is 1.38 bits per heavy atom. The van der Waals surface area contributed by atoms with Gasteiger partial charge in [0.15, 0.2) is 0 Å². The number of nitrogens with one attached hydrogen (secondary N) is 1. The van der Waals surface area contributed by atoms with Crippen molar-refractivity contribution >= 4 is 28.0 Å². The van der Waals surface area contributed by atoms with Crippen LogP contribution in [0.15, 0.2) is 11.6 Å². The van der Waals surface area contributed by atoms with Gasteiger partial charge in [0.2, 0.25) is 5.13 Å². The Morgan fingerprint density at radius 3 is 2.75 bits per heavy atom. The average molecular weight is 254 g/mol. The van der Waals surface area contributed by atoms with Crippen molar-refractivity contribution in [2.75, 3.05) is 5.32 Å². The normalized spacial score (nSPS) is 11.7. The number of nitrogens with zero attached hydrogens (tertiary/aromatic N) is 3. The van der Waals surface area contributed by atoms with Gasteiger partial charge >= 0.3 is 0 Å². The molecule has 2 aromatic rings. The first-order chi connectivity index (χ1) is 7.55. The van der Waals surface area contributed by atoms with Crippen LogP contribution in [0.4, 0.5) is 5.13 Å². The van der Waals surface area contributed by atoms with E-state index in [1.54, 1.807) is 11.3 Å². The summed E-state index contributed by atoms with van der Waals surface area (Å²) in [5.74, 6) is 0.888. The quantitative estimate of drug-likeness (QED) is 0.915. The van der Waals surface area contributed by atoms with Crippen molar-refractivity contribution in [1.29, 1.82) is 0 Å². The van der Waals surface area contributed by atoms with E-state index in [1.807, 2.05) is 11.6 Å². The molecule has 1 N–H and O–H groups in total. The molecule has 0 fully saturated rings. The van der Waals surface area contributed by atoms with Crippen LogP contribution in [-0.4, -0.2) is 14.3 Å². The van der Waals surface area contributed by atoms with Gasteiger partial charge < -0.3 is 5.32 Å². The first kappa shape index (κ1) is 11.5. The Bertz CT molecular complexity index is 442. The fraction of sp³-hybridized carbons (Fsp3) is 0.500. The van der Waals surface area contributed by atoms with E-state index in [0.717, 1.165) is 22.5 Å². The number of rotatable bonds is 3. The van der Waals surface area contributed by atoms with Crippen LogP contribution in [0.5, 0.6) is 0 Å². The summed E-state index contributed by atoms with van der Waals surface area (Å²) in [7, 11) is 0. The molecular weight excluding hydrogens is 240 g/mol. The van der Waals surface area contributed by atoms with Crippen molar-refractivity contribution < 1.29 is 0 Å². The lowest BCUT2D eigenvalue weighted by molar-refractivity contribution is 0.555. The summed E-state index contributed by atoms with van der Waals surface area (Å²) in [6.07, 6.45) is 1.81. The third-order valence-corrected chi connectivity index (χ3v) is 3.42. The summed E-state index contributed by atoms with van der Waals surface area (Å²) < 4.78 is 4.34. The molecular formula is C10H14N4S2. The highest BCUT2D eigenvalue weighted by molar-refractivity contribution is 7.10. The van der Waals surface area contributed by atoms with E-state index in [2.05, 4.69) is 40.4 Å². The maximum Gasteiger partial charge on any atom is 0.202 e. The van der Waals surface area contributed by atoms with Crippen LogP contribution in [0.2, 0.25) is 0 Å². The molecule has 0 unspecified atom stereocenters. The second kappa shape index (κ2) is 4.47. The molecule has 0 aliphatic rings. The van der Waals surface area contributed by atoms with Crippen molar-refractivity contribution in [3.05, 3.63) is 22.4 Å². The van der Waals surface area contributed by atoms with E-state index in [-0.39, 0.29) is 5.41 Å². The van der Waals surface area contributed by atoms with Gasteiger partial charge in [0.1, 0.15) is 10.8 Å². The summed E-state index contributed by atoms with van der Waals surface area (Å²) in [6, 6.07) is 0. The van der Waals surface area contributed by atoms with Gasteiger partial charge in [-0.15, -0.1) is 11.3 Å². The summed E-state index contributed by atoms with van der Waals surface area (Å²) in [4.78, 5) is 8.65. The van der Waals surface area contributed by atoms with E-state index >= 15 is 0 Å². The van der Waals surface area contributed by atoms with Gasteiger partial charge in [0.25, 0.3) is 0 Å². The van der Waals surface area contributed by atoms with Gasteiger partial charge in [-0.25, -0.2) is 9.97 Å². The zero-order chi connectivity index (χ0) is 11.6. The summed E-state index contributed by atoms with van der Waals surface area (Å²) in [5.41, 5.74) is 0.0115. The highest BCUT2D eigenvalue weighted by Gasteiger charge is 2.19. The Labute approximate surface area is 103 Å². The summed E-state index contributed by atoms with van der Waals surface area (Å²) in [6.45, 7) is 7.05. The number of hydrogen-bond donors (Lipinski definition) is 1. The van der Waals surface area contributed by atoms with E-state index in [1.165, 1.54) is 11.5 Å². The highest BCUT2D eigenvalue weighted by atomic mass is 32.1. The van der Waals surface area contributed by atoms with Crippen LogP contribution in [0, 0.1) is 0 Å². The van der Waals surface area contributed by atoms with Crippen LogP contribution in [0.3, 0.4) is 0 Å². The minimum atomic E-state index is 0.0115. The second-order valence-corrected chi connectivity index (χ2v) is 6.18. The SMILES string of the molecule is CC(C)(C)c1nsc(NCc2nccs2)n1. The van der Waals surface area contributed by atoms with E-state index in [9.17, 15) is 0 Å². The summed E-state index contributed by atoms with van der Waals surface area (Å²) in [5, 5.41) is 7.13. The molecule has 0 spiro atoms. The van der Waals surface area contributed by atoms with E-state index in [4.69, 9.17) is 0 Å². The molecule has 6 heteroatoms. The standard InChI is InChI=1S/C10H14N4S2/c1-10(2,3)8-13-9(16-14-8)12-6-7-11-4-5-15-7/h4-5H,6H2,1-3H3,(H,12,13,14). The molecule has 0 atom stereocenters. The maximum absolute atomic E-state index is 4.45. The molecule has 0 aliphatic carbocycles. The van der Waals surface area contributed by atoms with Gasteiger partial charge in [-0.1, -0.05) is 20.8 Å². The number of aromatic nitrogens is 3. The van der Waals surface area contributed by atoms with Crippen LogP contribution >= 0.6 is 22.9 Å². The van der Waals surface area contributed by atoms with Crippen molar-refractivity contribution in [3.8, 4) is 0 Å². The molecule has 0 amide bonds. The molecule has 0 bridgehead atoms. The molecule has 0 saturated carbocycles. The van der Waals surface area contributed by atoms with E-state index < -0.39 is 0 Å². The molecule has 86 valence electrons. The van der Waals surface area contributed by atoms with Gasteiger partial charge in [0.05, 0.1) is 6.54 Å². The zero-order valence-electron chi connectivity index (χ0n) is 9.52. The Kier molecular flexibility index (Phi) is 3.20. The van der Waals surface area contributed by atoms with Crippen LogP contribution in [0.1, 0.15) is 31.6 Å². The molecule has 4 nitrogen and oxygen atoms in total. The fourth-order valence-corrected chi connectivity index (χ4v) is 2.40. The third kappa shape index (κ3) is 2.76. The Morgan fingerprint density at radius 2 is 2.19 bits per heavy atom. The molecule has 16 heavy (non-hydrogen) atoms. The van der Waals surface area contributed by atoms with Crippen LogP contribution < -0.4 is 5.32 Å². The lowest BCUT2D eigenvalue weighted by Gasteiger charge is -2.12. The maximum atomic E-state index is 4.45. The van der Waals surface area contributed by atoms with Crippen molar-refractivity contribution in [2.24, 2.45) is 0 Å². The molecule has 0 aliphatic heterocycles. The van der Waals surface area contributed by atoms with Gasteiger partial charge in [-0.2, -0.15) is 4.37 Å². The lowest BCUT2D eigenvalue weighted by Crippen LogP contribution is -2.13. The fourth-order valence-electron chi connectivity index (χ4n) is 1.09. The van der Waals surface area contributed by atoms with Crippen molar-refractivity contribution in [2.45, 2.75) is 32.7 Å². The Hall–Kier alpha value is -1.01. The topological polar surface area (TPSA) is 50.7 Å². The minimum Gasteiger partial charge on any atom is -0.354 e. The predicted octanol–water partition coefficient (Wildman–Crippen LogP) is 2.90. The predicted molar refractivity (Wildman–Crippen MR) is 68.0 cm³/mol. The smallest absolute Gasteiger partial charge is 0.202 e. The van der Waals surface area contributed by atoms with Gasteiger partial charge in [-0.3, -0.25) is 0 Å². The molecule has 2 rings (SSSR count). The summed E-state index contributed by atoms with van der Waals surface area (Å²) >= 11 is 3.04. The first-order valence-corrected chi connectivity index (χ1v) is 6.67. The number of hydrogen-bond acceptors (Lipinski definition) is 6. The molecule has 0 saturated heterocycles. The highest BCUT2D eigenvalue weighted by Crippen LogP contribution is 2.23. The molecule has 2 aromatic heterocycles. The third-order valence-electron chi connectivity index (χ3n) is 1.97. The monoisotopic (exact) mass is 254 g/mol. The van der Waals surface area contributed by atoms with Gasteiger partial charge in [0, 0.05) is 28.5 Å². The largest absolute Gasteiger partial charge is 0.354 e. The number of thiazole rings is 1. The average Bonchev–Trinajstić information content (AvgIpc) is 2.85. The first-order valence-electron chi connectivity index (χ1n) is 5.02. The zero-order valence-corrected chi connectivity index (χ0v) is 11.2. The van der Waals surface area contributed by atoms with Crippen LogP contribution in [-0.2, 0) is 12.0 Å². The van der Waals surface area contributed by atoms with Crippen molar-refractivity contribution in [3.63, 3.8) is 0 Å². The molecule has 2 heterocycles. The second-order valence-electron chi connectivity index (χ2n) is 4.45. The van der Waals surface area contributed by atoms with Crippen molar-refractivity contribution in [1.82, 2.24) is 14.3 Å². The van der Waals surface area contributed by atoms with E-state index in [0.29, 0.717) is 0 Å². The minimum absolute atomic E-state index is 0.0115. The van der Waals surface area contributed by atoms with Crippen LogP contribution in [0.25, 0.3) is 0 Å². The van der Waals surface area contributed by atoms with Gasteiger partial charge in [-0.05, 0) is 0 Å².